The van der Waals surface area contributed by atoms with E-state index in [0.717, 1.165) is 22.6 Å². The predicted octanol–water partition coefficient (Wildman–Crippen LogP) is 3.73. The number of rotatable bonds is 8. The van der Waals surface area contributed by atoms with Crippen LogP contribution in [0.3, 0.4) is 0 Å². The highest BCUT2D eigenvalue weighted by molar-refractivity contribution is 7.99. The minimum absolute atomic E-state index is 0.0855. The van der Waals surface area contributed by atoms with Crippen molar-refractivity contribution in [3.05, 3.63) is 63.7 Å². The first-order chi connectivity index (χ1) is 11.5. The molecule has 0 aliphatic carbocycles. The molecule has 2 aromatic rings. The number of aliphatic hydroxyl groups excluding tert-OH is 1. The zero-order valence-electron chi connectivity index (χ0n) is 13.9. The molecule has 0 radical (unpaired) electrons. The van der Waals surface area contributed by atoms with Crippen molar-refractivity contribution >= 4 is 17.4 Å². The van der Waals surface area contributed by atoms with Crippen molar-refractivity contribution in [2.45, 2.75) is 29.2 Å². The van der Waals surface area contributed by atoms with Gasteiger partial charge >= 0.3 is 0 Å². The van der Waals surface area contributed by atoms with E-state index in [-0.39, 0.29) is 17.2 Å². The molecular formula is C18H22N2O3S. The Labute approximate surface area is 146 Å². The summed E-state index contributed by atoms with van der Waals surface area (Å²) in [5, 5.41) is 20.4. The molecule has 128 valence electrons. The lowest BCUT2D eigenvalue weighted by Crippen LogP contribution is -2.11. The first kappa shape index (κ1) is 18.4. The smallest absolute Gasteiger partial charge is 0.283 e. The Balaban J connectivity index is 2.31. The number of benzene rings is 2. The van der Waals surface area contributed by atoms with Crippen molar-refractivity contribution in [1.82, 2.24) is 4.90 Å². The molecule has 0 unspecified atom stereocenters. The van der Waals surface area contributed by atoms with Crippen LogP contribution in [0, 0.1) is 10.1 Å². The van der Waals surface area contributed by atoms with Gasteiger partial charge in [0.15, 0.2) is 0 Å². The Hall–Kier alpha value is -1.89. The molecule has 6 heteroatoms. The Morgan fingerprint density at radius 1 is 1.17 bits per heavy atom. The van der Waals surface area contributed by atoms with Gasteiger partial charge in [0.05, 0.1) is 9.82 Å². The zero-order chi connectivity index (χ0) is 17.5. The summed E-state index contributed by atoms with van der Waals surface area (Å²) >= 11 is 1.43. The fourth-order valence-electron chi connectivity index (χ4n) is 2.42. The molecule has 0 fully saturated rings. The van der Waals surface area contributed by atoms with Crippen LogP contribution in [0.1, 0.15) is 17.5 Å². The van der Waals surface area contributed by atoms with Crippen LogP contribution < -0.4 is 0 Å². The molecule has 0 atom stereocenters. The largest absolute Gasteiger partial charge is 0.396 e. The molecule has 0 aliphatic rings. The molecule has 24 heavy (non-hydrogen) atoms. The first-order valence-corrected chi connectivity index (χ1v) is 8.61. The molecule has 0 bridgehead atoms. The van der Waals surface area contributed by atoms with Crippen molar-refractivity contribution in [1.29, 1.82) is 0 Å². The summed E-state index contributed by atoms with van der Waals surface area (Å²) in [6.07, 6.45) is 1.24. The third-order valence-electron chi connectivity index (χ3n) is 3.52. The minimum Gasteiger partial charge on any atom is -0.396 e. The number of aryl methyl sites for hydroxylation is 1. The van der Waals surface area contributed by atoms with E-state index in [2.05, 4.69) is 4.90 Å². The molecule has 0 aromatic heterocycles. The molecule has 2 aromatic carbocycles. The standard InChI is InChI=1S/C18H22N2O3S/c1-19(2)13-15-7-3-4-8-17(15)24-18-10-9-14(6-5-11-21)12-16(18)20(22)23/h3-4,7-10,12,21H,5-6,11,13H2,1-2H3. The van der Waals surface area contributed by atoms with Gasteiger partial charge in [-0.05, 0) is 50.2 Å². The monoisotopic (exact) mass is 346 g/mol. The molecule has 2 rings (SSSR count). The molecule has 0 amide bonds. The van der Waals surface area contributed by atoms with Crippen LogP contribution in [-0.2, 0) is 13.0 Å². The van der Waals surface area contributed by atoms with Crippen LogP contribution >= 0.6 is 11.8 Å². The third kappa shape index (κ3) is 5.06. The average molecular weight is 346 g/mol. The second kappa shape index (κ2) is 8.82. The Morgan fingerprint density at radius 2 is 1.92 bits per heavy atom. The SMILES string of the molecule is CN(C)Cc1ccccc1Sc1ccc(CCCO)cc1[N+](=O)[O-]. The van der Waals surface area contributed by atoms with Crippen LogP contribution in [0.25, 0.3) is 0 Å². The van der Waals surface area contributed by atoms with Gasteiger partial charge in [-0.2, -0.15) is 0 Å². The van der Waals surface area contributed by atoms with Gasteiger partial charge in [0.1, 0.15) is 0 Å². The summed E-state index contributed by atoms with van der Waals surface area (Å²) in [6, 6.07) is 13.3. The van der Waals surface area contributed by atoms with Crippen molar-refractivity contribution in [2.75, 3.05) is 20.7 Å². The molecule has 0 saturated heterocycles. The molecular weight excluding hydrogens is 324 g/mol. The van der Waals surface area contributed by atoms with Gasteiger partial charge in [-0.25, -0.2) is 0 Å². The summed E-state index contributed by atoms with van der Waals surface area (Å²) < 4.78 is 0. The highest BCUT2D eigenvalue weighted by atomic mass is 32.2. The van der Waals surface area contributed by atoms with E-state index in [1.54, 1.807) is 6.07 Å². The van der Waals surface area contributed by atoms with Crippen LogP contribution in [0.15, 0.2) is 52.3 Å². The van der Waals surface area contributed by atoms with Gasteiger partial charge < -0.3 is 10.0 Å². The fraction of sp³-hybridized carbons (Fsp3) is 0.333. The summed E-state index contributed by atoms with van der Waals surface area (Å²) in [5.41, 5.74) is 2.14. The van der Waals surface area contributed by atoms with Gasteiger partial charge in [-0.1, -0.05) is 36.0 Å². The molecule has 0 aliphatic heterocycles. The van der Waals surface area contributed by atoms with Crippen molar-refractivity contribution in [3.8, 4) is 0 Å². The summed E-state index contributed by atoms with van der Waals surface area (Å²) in [5.74, 6) is 0. The highest BCUT2D eigenvalue weighted by Crippen LogP contribution is 2.37. The number of nitrogens with zero attached hydrogens (tertiary/aromatic N) is 2. The number of nitro groups is 1. The molecule has 0 saturated carbocycles. The van der Waals surface area contributed by atoms with E-state index in [1.807, 2.05) is 50.5 Å². The van der Waals surface area contributed by atoms with Crippen LogP contribution in [0.4, 0.5) is 5.69 Å². The van der Waals surface area contributed by atoms with Crippen LogP contribution in [0.2, 0.25) is 0 Å². The summed E-state index contributed by atoms with van der Waals surface area (Å²) in [6.45, 7) is 0.869. The average Bonchev–Trinajstić information content (AvgIpc) is 2.55. The first-order valence-electron chi connectivity index (χ1n) is 7.80. The van der Waals surface area contributed by atoms with E-state index < -0.39 is 0 Å². The molecule has 0 heterocycles. The Kier molecular flexibility index (Phi) is 6.78. The summed E-state index contributed by atoms with van der Waals surface area (Å²) in [7, 11) is 4.00. The van der Waals surface area contributed by atoms with Gasteiger partial charge in [-0.15, -0.1) is 0 Å². The second-order valence-corrected chi connectivity index (χ2v) is 6.92. The van der Waals surface area contributed by atoms with Crippen molar-refractivity contribution in [2.24, 2.45) is 0 Å². The normalized spacial score (nSPS) is 11.0. The van der Waals surface area contributed by atoms with E-state index in [4.69, 9.17) is 5.11 Å². The van der Waals surface area contributed by atoms with Gasteiger partial charge in [0.25, 0.3) is 5.69 Å². The maximum absolute atomic E-state index is 11.4. The number of aliphatic hydroxyl groups is 1. The van der Waals surface area contributed by atoms with E-state index in [9.17, 15) is 10.1 Å². The lowest BCUT2D eigenvalue weighted by Gasteiger charge is -2.14. The van der Waals surface area contributed by atoms with Crippen LogP contribution in [-0.4, -0.2) is 35.6 Å². The lowest BCUT2D eigenvalue weighted by molar-refractivity contribution is -0.387. The quantitative estimate of drug-likeness (QED) is 0.583. The fourth-order valence-corrected chi connectivity index (χ4v) is 3.45. The second-order valence-electron chi connectivity index (χ2n) is 5.83. The number of hydrogen-bond acceptors (Lipinski definition) is 5. The van der Waals surface area contributed by atoms with Crippen molar-refractivity contribution < 1.29 is 10.0 Å². The maximum Gasteiger partial charge on any atom is 0.283 e. The minimum atomic E-state index is -0.334. The highest BCUT2D eigenvalue weighted by Gasteiger charge is 2.17. The maximum atomic E-state index is 11.4. The summed E-state index contributed by atoms with van der Waals surface area (Å²) in [4.78, 5) is 14.8. The third-order valence-corrected chi connectivity index (χ3v) is 4.71. The van der Waals surface area contributed by atoms with Crippen molar-refractivity contribution in [3.63, 3.8) is 0 Å². The van der Waals surface area contributed by atoms with E-state index in [0.29, 0.717) is 17.7 Å². The van der Waals surface area contributed by atoms with E-state index >= 15 is 0 Å². The number of nitro benzene ring substituents is 1. The van der Waals surface area contributed by atoms with Crippen LogP contribution in [0.5, 0.6) is 0 Å². The lowest BCUT2D eigenvalue weighted by atomic mass is 10.1. The van der Waals surface area contributed by atoms with Gasteiger partial charge in [0, 0.05) is 24.1 Å². The predicted molar refractivity (Wildman–Crippen MR) is 96.5 cm³/mol. The van der Waals surface area contributed by atoms with Gasteiger partial charge in [-0.3, -0.25) is 10.1 Å². The van der Waals surface area contributed by atoms with E-state index in [1.165, 1.54) is 11.8 Å². The Morgan fingerprint density at radius 3 is 2.58 bits per heavy atom. The molecule has 5 nitrogen and oxygen atoms in total. The molecule has 0 spiro atoms. The molecule has 1 N–H and O–H groups in total. The topological polar surface area (TPSA) is 66.6 Å². The zero-order valence-corrected chi connectivity index (χ0v) is 14.8. The van der Waals surface area contributed by atoms with Gasteiger partial charge in [0.2, 0.25) is 0 Å². The Bertz CT molecular complexity index is 704. The number of hydrogen-bond donors (Lipinski definition) is 1.